The van der Waals surface area contributed by atoms with Gasteiger partial charge in [0.2, 0.25) is 0 Å². The number of hydrogen-bond acceptors (Lipinski definition) is 3. The van der Waals surface area contributed by atoms with Crippen LogP contribution in [0.2, 0.25) is 5.54 Å². The van der Waals surface area contributed by atoms with E-state index in [4.69, 9.17) is 24.9 Å². The van der Waals surface area contributed by atoms with E-state index in [0.29, 0.717) is 5.88 Å². The van der Waals surface area contributed by atoms with E-state index in [9.17, 15) is 0 Å². The van der Waals surface area contributed by atoms with Gasteiger partial charge in [0.25, 0.3) is 0 Å². The van der Waals surface area contributed by atoms with Gasteiger partial charge in [0.05, 0.1) is 5.54 Å². The summed E-state index contributed by atoms with van der Waals surface area (Å²) < 4.78 is 16.8. The molecule has 0 radical (unpaired) electrons. The van der Waals surface area contributed by atoms with E-state index >= 15 is 0 Å². The van der Waals surface area contributed by atoms with Crippen molar-refractivity contribution < 1.29 is 13.3 Å². The lowest BCUT2D eigenvalue weighted by molar-refractivity contribution is 0.103. The van der Waals surface area contributed by atoms with Crippen LogP contribution in [0.4, 0.5) is 0 Å². The van der Waals surface area contributed by atoms with Gasteiger partial charge in [0.15, 0.2) is 0 Å². The van der Waals surface area contributed by atoms with Gasteiger partial charge < -0.3 is 13.3 Å². The highest BCUT2D eigenvalue weighted by atomic mass is 35.5. The minimum atomic E-state index is -2.80. The Morgan fingerprint density at radius 2 is 1.53 bits per heavy atom. The van der Waals surface area contributed by atoms with Gasteiger partial charge in [-0.15, -0.1) is 11.6 Å². The van der Waals surface area contributed by atoms with Crippen LogP contribution in [0.3, 0.4) is 0 Å². The zero-order valence-corrected chi connectivity index (χ0v) is 14.0. The smallest absolute Gasteiger partial charge is 0.377 e. The van der Waals surface area contributed by atoms with E-state index in [1.165, 1.54) is 5.56 Å². The monoisotopic (exact) mass is 302 g/mol. The van der Waals surface area contributed by atoms with Gasteiger partial charge >= 0.3 is 8.80 Å². The molecule has 3 nitrogen and oxygen atoms in total. The lowest BCUT2D eigenvalue weighted by Crippen LogP contribution is -2.54. The summed E-state index contributed by atoms with van der Waals surface area (Å²) >= 11 is 6.22. The molecular weight excluding hydrogens is 280 g/mol. The molecule has 0 bridgehead atoms. The number of benzene rings is 1. The molecule has 0 spiro atoms. The number of rotatable bonds is 7. The topological polar surface area (TPSA) is 27.7 Å². The van der Waals surface area contributed by atoms with Crippen LogP contribution < -0.4 is 0 Å². The number of alkyl halides is 1. The Morgan fingerprint density at radius 3 is 1.89 bits per heavy atom. The van der Waals surface area contributed by atoms with Gasteiger partial charge in [0.1, 0.15) is 0 Å². The van der Waals surface area contributed by atoms with Crippen LogP contribution in [-0.2, 0) is 18.7 Å². The van der Waals surface area contributed by atoms with Crippen molar-refractivity contribution >= 4 is 20.4 Å². The first-order valence-electron chi connectivity index (χ1n) is 6.25. The summed E-state index contributed by atoms with van der Waals surface area (Å²) in [6.07, 6.45) is 0. The van der Waals surface area contributed by atoms with E-state index in [1.54, 1.807) is 21.3 Å². The maximum absolute atomic E-state index is 6.22. The SMILES string of the molecule is CO[Si](OC)(OC)C(CCl)C(C)(C)c1ccccc1. The molecule has 0 saturated heterocycles. The van der Waals surface area contributed by atoms with Crippen LogP contribution >= 0.6 is 11.6 Å². The lowest BCUT2D eigenvalue weighted by atomic mass is 9.82. The van der Waals surface area contributed by atoms with Crippen molar-refractivity contribution in [3.8, 4) is 0 Å². The molecule has 1 aromatic carbocycles. The Morgan fingerprint density at radius 1 is 1.05 bits per heavy atom. The Balaban J connectivity index is 3.21. The van der Waals surface area contributed by atoms with E-state index in [0.717, 1.165) is 0 Å². The van der Waals surface area contributed by atoms with Crippen LogP contribution in [-0.4, -0.2) is 36.0 Å². The molecule has 108 valence electrons. The van der Waals surface area contributed by atoms with Gasteiger partial charge in [-0.25, -0.2) is 0 Å². The average molecular weight is 303 g/mol. The highest BCUT2D eigenvalue weighted by Gasteiger charge is 2.54. The van der Waals surface area contributed by atoms with Crippen LogP contribution in [0.15, 0.2) is 30.3 Å². The summed E-state index contributed by atoms with van der Waals surface area (Å²) in [6.45, 7) is 4.29. The van der Waals surface area contributed by atoms with E-state index in [1.807, 2.05) is 18.2 Å². The summed E-state index contributed by atoms with van der Waals surface area (Å²) in [6, 6.07) is 10.2. The average Bonchev–Trinajstić information content (AvgIpc) is 2.45. The fourth-order valence-corrected chi connectivity index (χ4v) is 6.02. The van der Waals surface area contributed by atoms with Crippen molar-refractivity contribution in [3.05, 3.63) is 35.9 Å². The van der Waals surface area contributed by atoms with Crippen molar-refractivity contribution in [2.75, 3.05) is 27.2 Å². The quantitative estimate of drug-likeness (QED) is 0.570. The van der Waals surface area contributed by atoms with Gasteiger partial charge in [-0.1, -0.05) is 44.2 Å². The molecule has 0 amide bonds. The number of halogens is 1. The van der Waals surface area contributed by atoms with Gasteiger partial charge in [-0.3, -0.25) is 0 Å². The van der Waals surface area contributed by atoms with Gasteiger partial charge in [-0.2, -0.15) is 0 Å². The van der Waals surface area contributed by atoms with E-state index in [2.05, 4.69) is 26.0 Å². The molecule has 0 aliphatic heterocycles. The standard InChI is InChI=1S/C14H23ClO3Si/c1-14(2,12-9-7-6-8-10-12)13(11-15)19(16-3,17-4)18-5/h6-10,13H,11H2,1-5H3. The Kier molecular flexibility index (Phi) is 6.01. The lowest BCUT2D eigenvalue weighted by Gasteiger charge is -2.41. The Labute approximate surface area is 122 Å². The fourth-order valence-electron chi connectivity index (χ4n) is 2.47. The molecule has 0 fully saturated rings. The third kappa shape index (κ3) is 3.20. The minimum Gasteiger partial charge on any atom is -0.377 e. The summed E-state index contributed by atoms with van der Waals surface area (Å²) in [5.41, 5.74) is 0.977. The summed E-state index contributed by atoms with van der Waals surface area (Å²) in [7, 11) is 2.08. The summed E-state index contributed by atoms with van der Waals surface area (Å²) in [5, 5.41) is 0. The van der Waals surface area contributed by atoms with Crippen molar-refractivity contribution in [1.29, 1.82) is 0 Å². The van der Waals surface area contributed by atoms with Crippen molar-refractivity contribution in [1.82, 2.24) is 0 Å². The van der Waals surface area contributed by atoms with Crippen molar-refractivity contribution in [3.63, 3.8) is 0 Å². The first kappa shape index (κ1) is 16.7. The molecule has 0 heterocycles. The number of hydrogen-bond donors (Lipinski definition) is 0. The Bertz CT molecular complexity index is 371. The molecule has 1 unspecified atom stereocenters. The largest absolute Gasteiger partial charge is 0.505 e. The zero-order valence-electron chi connectivity index (χ0n) is 12.3. The second kappa shape index (κ2) is 6.86. The predicted octanol–water partition coefficient (Wildman–Crippen LogP) is 3.45. The zero-order chi connectivity index (χ0) is 14.5. The normalized spacial score (nSPS) is 14.4. The van der Waals surface area contributed by atoms with Gasteiger partial charge in [-0.05, 0) is 11.0 Å². The fraction of sp³-hybridized carbons (Fsp3) is 0.571. The van der Waals surface area contributed by atoms with Crippen molar-refractivity contribution in [2.45, 2.75) is 24.8 Å². The summed E-state index contributed by atoms with van der Waals surface area (Å²) in [5.74, 6) is 0.420. The molecule has 1 aromatic rings. The van der Waals surface area contributed by atoms with Crippen LogP contribution in [0, 0.1) is 0 Å². The van der Waals surface area contributed by atoms with Crippen LogP contribution in [0.5, 0.6) is 0 Å². The molecule has 1 rings (SSSR count). The summed E-state index contributed by atoms with van der Waals surface area (Å²) in [4.78, 5) is 0. The molecule has 0 aliphatic rings. The second-order valence-electron chi connectivity index (χ2n) is 5.01. The molecule has 0 N–H and O–H groups in total. The maximum Gasteiger partial charge on any atom is 0.505 e. The molecule has 0 saturated carbocycles. The molecular formula is C14H23ClO3Si. The molecule has 5 heteroatoms. The van der Waals surface area contributed by atoms with Crippen molar-refractivity contribution in [2.24, 2.45) is 0 Å². The molecule has 0 aliphatic carbocycles. The molecule has 0 aromatic heterocycles. The van der Waals surface area contributed by atoms with Crippen LogP contribution in [0.25, 0.3) is 0 Å². The first-order valence-corrected chi connectivity index (χ1v) is 8.59. The third-order valence-electron chi connectivity index (χ3n) is 3.82. The van der Waals surface area contributed by atoms with E-state index < -0.39 is 8.80 Å². The predicted molar refractivity (Wildman–Crippen MR) is 80.7 cm³/mol. The Hall–Kier alpha value is -0.393. The molecule has 19 heavy (non-hydrogen) atoms. The van der Waals surface area contributed by atoms with Gasteiger partial charge in [0, 0.05) is 27.2 Å². The highest BCUT2D eigenvalue weighted by molar-refractivity contribution is 6.63. The minimum absolute atomic E-state index is 0.0240. The second-order valence-corrected chi connectivity index (χ2v) is 8.45. The molecule has 1 atom stereocenters. The van der Waals surface area contributed by atoms with E-state index in [-0.39, 0.29) is 11.0 Å². The van der Waals surface area contributed by atoms with Crippen LogP contribution in [0.1, 0.15) is 19.4 Å². The first-order chi connectivity index (χ1) is 8.98. The maximum atomic E-state index is 6.22. The third-order valence-corrected chi connectivity index (χ3v) is 7.88. The highest BCUT2D eigenvalue weighted by Crippen LogP contribution is 2.43.